The second-order valence-corrected chi connectivity index (χ2v) is 9.60. The molecule has 2 aromatic heterocycles. The molecule has 172 valence electrons. The molecule has 1 saturated carbocycles. The van der Waals surface area contributed by atoms with Crippen LogP contribution in [-0.2, 0) is 19.9 Å². The molecule has 3 saturated heterocycles. The Balaban J connectivity index is 1.29. The second-order valence-electron chi connectivity index (χ2n) is 9.60. The van der Waals surface area contributed by atoms with Gasteiger partial charge in [0, 0.05) is 36.3 Å². The van der Waals surface area contributed by atoms with Gasteiger partial charge in [0.25, 0.3) is 5.91 Å². The molecule has 0 radical (unpaired) electrons. The highest BCUT2D eigenvalue weighted by Gasteiger charge is 2.53. The van der Waals surface area contributed by atoms with Gasteiger partial charge in [-0.3, -0.25) is 4.79 Å². The van der Waals surface area contributed by atoms with Crippen LogP contribution >= 0.6 is 0 Å². The number of nitrogens with one attached hydrogen (secondary N) is 1. The molecule has 2 bridgehead atoms. The molecule has 1 aliphatic carbocycles. The van der Waals surface area contributed by atoms with E-state index in [0.29, 0.717) is 29.0 Å². The maximum absolute atomic E-state index is 13.4. The van der Waals surface area contributed by atoms with Gasteiger partial charge in [-0.1, -0.05) is 18.0 Å². The van der Waals surface area contributed by atoms with E-state index in [0.717, 1.165) is 51.6 Å². The summed E-state index contributed by atoms with van der Waals surface area (Å²) in [6.07, 6.45) is 9.35. The van der Waals surface area contributed by atoms with Gasteiger partial charge >= 0.3 is 5.97 Å². The first-order valence-electron chi connectivity index (χ1n) is 11.5. The van der Waals surface area contributed by atoms with Gasteiger partial charge in [-0.15, -0.1) is 0 Å². The molecule has 9 nitrogen and oxygen atoms in total. The number of fused-ring (bicyclic) bond motifs is 3. The van der Waals surface area contributed by atoms with E-state index in [1.54, 1.807) is 12.1 Å². The number of quaternary nitrogens is 1. The minimum absolute atomic E-state index is 0.134. The lowest BCUT2D eigenvalue weighted by atomic mass is 9.80. The van der Waals surface area contributed by atoms with Gasteiger partial charge in [0.2, 0.25) is 0 Å². The number of ether oxygens (including phenoxy) is 1. The van der Waals surface area contributed by atoms with Crippen molar-refractivity contribution < 1.29 is 32.9 Å². The average Bonchev–Trinajstić information content (AvgIpc) is 3.57. The van der Waals surface area contributed by atoms with E-state index in [2.05, 4.69) is 10.5 Å². The van der Waals surface area contributed by atoms with Crippen molar-refractivity contribution in [3.63, 3.8) is 0 Å². The van der Waals surface area contributed by atoms with Gasteiger partial charge in [0.05, 0.1) is 25.6 Å². The van der Waals surface area contributed by atoms with Crippen LogP contribution in [-0.4, -0.2) is 58.9 Å². The first-order chi connectivity index (χ1) is 15.5. The Hall–Kier alpha value is -2.65. The fourth-order valence-electron chi connectivity index (χ4n) is 5.91. The number of rotatable bonds is 7. The first kappa shape index (κ1) is 21.2. The van der Waals surface area contributed by atoms with E-state index in [1.807, 2.05) is 0 Å². The number of carbonyl (C=O) groups excluding carboxylic acids is 2. The summed E-state index contributed by atoms with van der Waals surface area (Å²) in [6, 6.07) is 3.25. The van der Waals surface area contributed by atoms with Crippen molar-refractivity contribution in [1.29, 1.82) is 0 Å². The van der Waals surface area contributed by atoms with Gasteiger partial charge in [-0.2, -0.15) is 0 Å². The van der Waals surface area contributed by atoms with Crippen molar-refractivity contribution in [1.82, 2.24) is 5.16 Å². The average molecular weight is 445 g/mol. The highest BCUT2D eigenvalue weighted by Crippen LogP contribution is 2.43. The van der Waals surface area contributed by atoms with Gasteiger partial charge in [0.15, 0.2) is 24.1 Å². The smallest absolute Gasteiger partial charge is 0.343 e. The Morgan fingerprint density at radius 1 is 1.19 bits per heavy atom. The molecule has 0 spiro atoms. The Kier molecular flexibility index (Phi) is 5.54. The Bertz CT molecular complexity index is 929. The maximum Gasteiger partial charge on any atom is 0.343 e. The number of anilines is 1. The minimum Gasteiger partial charge on any atom is -0.472 e. The second kappa shape index (κ2) is 8.37. The highest BCUT2D eigenvalue weighted by atomic mass is 16.6. The Labute approximate surface area is 186 Å². The molecule has 3 aliphatic heterocycles. The number of furan rings is 1. The molecule has 4 aliphatic rings. The zero-order valence-corrected chi connectivity index (χ0v) is 18.1. The highest BCUT2D eigenvalue weighted by molar-refractivity contribution is 5.90. The molecule has 2 atom stereocenters. The van der Waals surface area contributed by atoms with Crippen LogP contribution in [0.4, 0.5) is 5.82 Å². The topological polar surface area (TPSA) is 115 Å². The maximum atomic E-state index is 13.4. The van der Waals surface area contributed by atoms with Crippen LogP contribution < -0.4 is 5.32 Å². The number of aliphatic hydroxyl groups is 1. The van der Waals surface area contributed by atoms with Crippen molar-refractivity contribution in [2.75, 3.05) is 31.5 Å². The Morgan fingerprint density at radius 2 is 1.97 bits per heavy atom. The third kappa shape index (κ3) is 3.84. The standard InChI is InChI=1S/C23H29N3O6/c27-21(24-20-8-12-31-25-20)14-26-9-5-16(6-10-26)19(13-26)32-22(28)23(29,17-3-1-2-4-17)18-7-11-30-15-18/h7-8,11-12,15-17,19,29H,1-6,9-10,13-14H2/p+1/t16?,19?,23-,26?/m1/s1. The lowest BCUT2D eigenvalue weighted by Crippen LogP contribution is -2.66. The monoisotopic (exact) mass is 444 g/mol. The van der Waals surface area contributed by atoms with Crippen molar-refractivity contribution in [3.05, 3.63) is 36.5 Å². The summed E-state index contributed by atoms with van der Waals surface area (Å²) in [5.41, 5.74) is -1.23. The van der Waals surface area contributed by atoms with Crippen LogP contribution in [0, 0.1) is 11.8 Å². The molecule has 1 amide bonds. The minimum atomic E-state index is -1.69. The summed E-state index contributed by atoms with van der Waals surface area (Å²) in [6.45, 7) is 2.62. The van der Waals surface area contributed by atoms with Gasteiger partial charge in [-0.05, 0) is 18.9 Å². The van der Waals surface area contributed by atoms with E-state index < -0.39 is 11.6 Å². The van der Waals surface area contributed by atoms with Crippen LogP contribution in [0.5, 0.6) is 0 Å². The Morgan fingerprint density at radius 3 is 2.62 bits per heavy atom. The van der Waals surface area contributed by atoms with Crippen molar-refractivity contribution in [3.8, 4) is 0 Å². The number of amides is 1. The predicted octanol–water partition coefficient (Wildman–Crippen LogP) is 2.44. The molecule has 2 N–H and O–H groups in total. The number of piperidine rings is 3. The van der Waals surface area contributed by atoms with E-state index >= 15 is 0 Å². The quantitative estimate of drug-likeness (QED) is 0.498. The summed E-state index contributed by atoms with van der Waals surface area (Å²) in [5.74, 6) is -0.246. The zero-order valence-electron chi connectivity index (χ0n) is 18.1. The molecule has 6 rings (SSSR count). The molecule has 4 fully saturated rings. The third-order valence-electron chi connectivity index (χ3n) is 7.70. The molecule has 2 aromatic rings. The van der Waals surface area contributed by atoms with Crippen LogP contribution in [0.1, 0.15) is 44.1 Å². The molecule has 9 heteroatoms. The van der Waals surface area contributed by atoms with E-state index in [-0.39, 0.29) is 23.8 Å². The number of hydrogen-bond acceptors (Lipinski definition) is 7. The number of nitrogens with zero attached hydrogens (tertiary/aromatic N) is 2. The van der Waals surface area contributed by atoms with Crippen molar-refractivity contribution >= 4 is 17.7 Å². The van der Waals surface area contributed by atoms with E-state index in [9.17, 15) is 14.7 Å². The summed E-state index contributed by atoms with van der Waals surface area (Å²) in [4.78, 5) is 26.0. The molecule has 5 heterocycles. The van der Waals surface area contributed by atoms with Crippen LogP contribution in [0.15, 0.2) is 39.9 Å². The van der Waals surface area contributed by atoms with Crippen molar-refractivity contribution in [2.24, 2.45) is 11.8 Å². The lowest BCUT2D eigenvalue weighted by molar-refractivity contribution is -0.939. The SMILES string of the molecule is O=C(C[N+]12CCC(CC1)C(OC(=O)[C@](O)(c1ccoc1)C1CCCC1)C2)Nc1ccon1. The summed E-state index contributed by atoms with van der Waals surface area (Å²) in [5, 5.41) is 18.1. The molecule has 0 aromatic carbocycles. The van der Waals surface area contributed by atoms with E-state index in [1.165, 1.54) is 18.8 Å². The fourth-order valence-corrected chi connectivity index (χ4v) is 5.91. The number of hydrogen-bond donors (Lipinski definition) is 2. The zero-order chi connectivity index (χ0) is 22.2. The fraction of sp³-hybridized carbons (Fsp3) is 0.609. The van der Waals surface area contributed by atoms with Gasteiger partial charge < -0.3 is 28.6 Å². The van der Waals surface area contributed by atoms with Crippen LogP contribution in [0.3, 0.4) is 0 Å². The molecule has 32 heavy (non-hydrogen) atoms. The third-order valence-corrected chi connectivity index (χ3v) is 7.70. The molecular weight excluding hydrogens is 414 g/mol. The normalized spacial score (nSPS) is 29.5. The summed E-state index contributed by atoms with van der Waals surface area (Å²) >= 11 is 0. The molecule has 1 unspecified atom stereocenters. The number of carbonyl (C=O) groups is 2. The van der Waals surface area contributed by atoms with Gasteiger partial charge in [-0.25, -0.2) is 4.79 Å². The summed E-state index contributed by atoms with van der Waals surface area (Å²) in [7, 11) is 0. The lowest BCUT2D eigenvalue weighted by Gasteiger charge is -2.51. The van der Waals surface area contributed by atoms with Crippen molar-refractivity contribution in [2.45, 2.75) is 50.2 Å². The molecular formula is C23H30N3O6+. The predicted molar refractivity (Wildman–Crippen MR) is 112 cm³/mol. The van der Waals surface area contributed by atoms with Crippen LogP contribution in [0.2, 0.25) is 0 Å². The number of esters is 1. The largest absolute Gasteiger partial charge is 0.472 e. The van der Waals surface area contributed by atoms with Gasteiger partial charge in [0.1, 0.15) is 12.8 Å². The van der Waals surface area contributed by atoms with Crippen LogP contribution in [0.25, 0.3) is 0 Å². The summed E-state index contributed by atoms with van der Waals surface area (Å²) < 4.78 is 16.6. The van der Waals surface area contributed by atoms with E-state index in [4.69, 9.17) is 13.7 Å². The number of aromatic nitrogens is 1. The first-order valence-corrected chi connectivity index (χ1v) is 11.5.